The molecular weight excluding hydrogens is 325 g/mol. The SMILES string of the molecule is CC(CNC(=O)C1CC12CCNCC2)N1CCOCC1.Cl.Cl. The number of rotatable bonds is 4. The van der Waals surface area contributed by atoms with Crippen LogP contribution in [-0.2, 0) is 9.53 Å². The number of morpholine rings is 1. The van der Waals surface area contributed by atoms with Gasteiger partial charge in [-0.2, -0.15) is 0 Å². The summed E-state index contributed by atoms with van der Waals surface area (Å²) in [5.41, 5.74) is 0.345. The zero-order valence-corrected chi connectivity index (χ0v) is 14.9. The molecule has 2 heterocycles. The molecule has 3 fully saturated rings. The number of ether oxygens (including phenoxy) is 1. The molecule has 1 saturated carbocycles. The fraction of sp³-hybridized carbons (Fsp3) is 0.933. The van der Waals surface area contributed by atoms with Crippen LogP contribution in [0.2, 0.25) is 0 Å². The predicted octanol–water partition coefficient (Wildman–Crippen LogP) is 1.06. The molecule has 2 atom stereocenters. The molecule has 0 bridgehead atoms. The van der Waals surface area contributed by atoms with Crippen LogP contribution in [0.15, 0.2) is 0 Å². The van der Waals surface area contributed by atoms with Gasteiger partial charge in [-0.05, 0) is 44.7 Å². The van der Waals surface area contributed by atoms with Gasteiger partial charge in [-0.1, -0.05) is 0 Å². The van der Waals surface area contributed by atoms with Gasteiger partial charge >= 0.3 is 0 Å². The lowest BCUT2D eigenvalue weighted by atomic mass is 9.92. The summed E-state index contributed by atoms with van der Waals surface area (Å²) >= 11 is 0. The molecule has 5 nitrogen and oxygen atoms in total. The third kappa shape index (κ3) is 4.48. The third-order valence-electron chi connectivity index (χ3n) is 5.35. The number of carbonyl (C=O) groups excluding carboxylic acids is 1. The number of hydrogen-bond donors (Lipinski definition) is 2. The maximum absolute atomic E-state index is 12.3. The van der Waals surface area contributed by atoms with Crippen LogP contribution in [0.1, 0.15) is 26.2 Å². The van der Waals surface area contributed by atoms with Crippen LogP contribution >= 0.6 is 24.8 Å². The van der Waals surface area contributed by atoms with Crippen molar-refractivity contribution >= 4 is 30.7 Å². The molecule has 1 amide bonds. The molecule has 2 saturated heterocycles. The monoisotopic (exact) mass is 353 g/mol. The highest BCUT2D eigenvalue weighted by Crippen LogP contribution is 2.58. The molecule has 7 heteroatoms. The van der Waals surface area contributed by atoms with Crippen molar-refractivity contribution in [1.29, 1.82) is 0 Å². The first-order valence-corrected chi connectivity index (χ1v) is 8.01. The average molecular weight is 354 g/mol. The van der Waals surface area contributed by atoms with E-state index in [0.29, 0.717) is 11.5 Å². The van der Waals surface area contributed by atoms with E-state index >= 15 is 0 Å². The first-order valence-electron chi connectivity index (χ1n) is 8.01. The second kappa shape index (κ2) is 8.69. The molecule has 1 aliphatic carbocycles. The maximum atomic E-state index is 12.3. The van der Waals surface area contributed by atoms with Crippen molar-refractivity contribution in [1.82, 2.24) is 15.5 Å². The molecule has 0 aromatic rings. The van der Waals surface area contributed by atoms with Gasteiger partial charge in [0.1, 0.15) is 0 Å². The van der Waals surface area contributed by atoms with Gasteiger partial charge in [0, 0.05) is 31.6 Å². The van der Waals surface area contributed by atoms with Gasteiger partial charge in [-0.3, -0.25) is 9.69 Å². The first kappa shape index (κ1) is 20.0. The lowest BCUT2D eigenvalue weighted by Gasteiger charge is -2.32. The van der Waals surface area contributed by atoms with Gasteiger partial charge in [0.2, 0.25) is 5.91 Å². The average Bonchev–Trinajstić information content (AvgIpc) is 3.19. The molecule has 3 rings (SSSR count). The zero-order valence-electron chi connectivity index (χ0n) is 13.3. The smallest absolute Gasteiger partial charge is 0.223 e. The molecule has 2 aliphatic heterocycles. The van der Waals surface area contributed by atoms with Gasteiger partial charge in [0.25, 0.3) is 0 Å². The highest BCUT2D eigenvalue weighted by molar-refractivity contribution is 5.85. The second-order valence-corrected chi connectivity index (χ2v) is 6.61. The summed E-state index contributed by atoms with van der Waals surface area (Å²) < 4.78 is 5.36. The quantitative estimate of drug-likeness (QED) is 0.793. The van der Waals surface area contributed by atoms with Crippen LogP contribution in [-0.4, -0.2) is 62.8 Å². The fourth-order valence-electron chi connectivity index (χ4n) is 3.71. The number of halogens is 2. The highest BCUT2D eigenvalue weighted by Gasteiger charge is 2.57. The molecule has 3 aliphatic rings. The van der Waals surface area contributed by atoms with E-state index in [2.05, 4.69) is 22.5 Å². The zero-order chi connectivity index (χ0) is 14.0. The number of amides is 1. The van der Waals surface area contributed by atoms with Gasteiger partial charge in [0.05, 0.1) is 13.2 Å². The Balaban J connectivity index is 0.00000121. The van der Waals surface area contributed by atoms with Crippen molar-refractivity contribution in [2.45, 2.75) is 32.2 Å². The minimum absolute atomic E-state index is 0. The van der Waals surface area contributed by atoms with Crippen LogP contribution in [0.4, 0.5) is 0 Å². The molecule has 0 aromatic heterocycles. The standard InChI is InChI=1S/C15H27N3O2.2ClH/c1-12(18-6-8-20-9-7-18)11-17-14(19)13-10-15(13)2-4-16-5-3-15;;/h12-13,16H,2-11H2,1H3,(H,17,19);2*1H. The predicted molar refractivity (Wildman–Crippen MR) is 92.0 cm³/mol. The number of nitrogens with zero attached hydrogens (tertiary/aromatic N) is 1. The van der Waals surface area contributed by atoms with E-state index in [0.717, 1.165) is 52.4 Å². The number of piperidine rings is 1. The molecule has 2 unspecified atom stereocenters. The van der Waals surface area contributed by atoms with Gasteiger partial charge in [-0.25, -0.2) is 0 Å². The van der Waals surface area contributed by atoms with E-state index in [9.17, 15) is 4.79 Å². The topological polar surface area (TPSA) is 53.6 Å². The van der Waals surface area contributed by atoms with Gasteiger partial charge in [-0.15, -0.1) is 24.8 Å². The van der Waals surface area contributed by atoms with E-state index in [1.807, 2.05) is 0 Å². The van der Waals surface area contributed by atoms with Crippen LogP contribution < -0.4 is 10.6 Å². The lowest BCUT2D eigenvalue weighted by Crippen LogP contribution is -2.47. The Labute approximate surface area is 145 Å². The van der Waals surface area contributed by atoms with Crippen LogP contribution in [0.3, 0.4) is 0 Å². The number of nitrogens with one attached hydrogen (secondary N) is 2. The summed E-state index contributed by atoms with van der Waals surface area (Å²) in [6.07, 6.45) is 3.45. The molecule has 0 radical (unpaired) electrons. The van der Waals surface area contributed by atoms with Crippen molar-refractivity contribution in [3.63, 3.8) is 0 Å². The molecule has 2 N–H and O–H groups in total. The summed E-state index contributed by atoms with van der Waals surface area (Å²) in [5.74, 6) is 0.563. The van der Waals surface area contributed by atoms with Crippen molar-refractivity contribution in [3.8, 4) is 0 Å². The van der Waals surface area contributed by atoms with Crippen LogP contribution in [0.5, 0.6) is 0 Å². The normalized spacial score (nSPS) is 28.1. The fourth-order valence-corrected chi connectivity index (χ4v) is 3.71. The summed E-state index contributed by atoms with van der Waals surface area (Å²) in [5, 5.41) is 6.55. The maximum Gasteiger partial charge on any atom is 0.223 e. The largest absolute Gasteiger partial charge is 0.379 e. The lowest BCUT2D eigenvalue weighted by molar-refractivity contribution is -0.123. The van der Waals surface area contributed by atoms with Crippen molar-refractivity contribution in [2.24, 2.45) is 11.3 Å². The highest BCUT2D eigenvalue weighted by atomic mass is 35.5. The number of carbonyl (C=O) groups is 1. The summed E-state index contributed by atoms with van der Waals surface area (Å²) in [6.45, 7) is 8.71. The van der Waals surface area contributed by atoms with Crippen molar-refractivity contribution in [2.75, 3.05) is 45.9 Å². The van der Waals surface area contributed by atoms with E-state index in [1.165, 1.54) is 12.8 Å². The molecule has 0 aromatic carbocycles. The Kier molecular flexibility index (Phi) is 7.89. The molecule has 22 heavy (non-hydrogen) atoms. The van der Waals surface area contributed by atoms with Crippen LogP contribution in [0.25, 0.3) is 0 Å². The molecular formula is C15H29Cl2N3O2. The second-order valence-electron chi connectivity index (χ2n) is 6.61. The van der Waals surface area contributed by atoms with Crippen molar-refractivity contribution < 1.29 is 9.53 Å². The third-order valence-corrected chi connectivity index (χ3v) is 5.35. The van der Waals surface area contributed by atoms with Gasteiger partial charge < -0.3 is 15.4 Å². The summed E-state index contributed by atoms with van der Waals surface area (Å²) in [7, 11) is 0. The molecule has 130 valence electrons. The van der Waals surface area contributed by atoms with E-state index in [-0.39, 0.29) is 36.6 Å². The Bertz CT molecular complexity index is 359. The Morgan fingerprint density at radius 3 is 2.59 bits per heavy atom. The summed E-state index contributed by atoms with van der Waals surface area (Å²) in [4.78, 5) is 14.7. The minimum atomic E-state index is 0. The first-order chi connectivity index (χ1) is 9.71. The Hall–Kier alpha value is -0.0700. The van der Waals surface area contributed by atoms with Crippen LogP contribution in [0, 0.1) is 11.3 Å². The number of hydrogen-bond acceptors (Lipinski definition) is 4. The van der Waals surface area contributed by atoms with E-state index in [1.54, 1.807) is 0 Å². The minimum Gasteiger partial charge on any atom is -0.379 e. The Morgan fingerprint density at radius 2 is 1.95 bits per heavy atom. The van der Waals surface area contributed by atoms with E-state index in [4.69, 9.17) is 4.74 Å². The Morgan fingerprint density at radius 1 is 1.32 bits per heavy atom. The summed E-state index contributed by atoms with van der Waals surface area (Å²) in [6, 6.07) is 0.408. The molecule has 1 spiro atoms. The van der Waals surface area contributed by atoms with E-state index < -0.39 is 0 Å². The van der Waals surface area contributed by atoms with Crippen molar-refractivity contribution in [3.05, 3.63) is 0 Å². The van der Waals surface area contributed by atoms with Gasteiger partial charge in [0.15, 0.2) is 0 Å².